The van der Waals surface area contributed by atoms with Gasteiger partial charge in [0, 0.05) is 16.3 Å². The van der Waals surface area contributed by atoms with E-state index in [1.807, 2.05) is 0 Å². The maximum absolute atomic E-state index is 12.7. The second-order valence-electron chi connectivity index (χ2n) is 3.03. The number of hydrogen-bond donors (Lipinski definition) is 1. The highest BCUT2D eigenvalue weighted by molar-refractivity contribution is 14.1. The average Bonchev–Trinajstić information content (AvgIpc) is 2.13. The molecule has 1 aromatic rings. The Balaban J connectivity index is 3.39. The van der Waals surface area contributed by atoms with Gasteiger partial charge in [-0.25, -0.2) is 4.98 Å². The van der Waals surface area contributed by atoms with Crippen LogP contribution < -0.4 is 10.5 Å². The molecule has 0 saturated carbocycles. The van der Waals surface area contributed by atoms with E-state index in [1.54, 1.807) is 0 Å². The molecule has 0 amide bonds. The molecule has 10 heteroatoms. The summed E-state index contributed by atoms with van der Waals surface area (Å²) in [5.41, 5.74) is 3.57. The van der Waals surface area contributed by atoms with Crippen molar-refractivity contribution in [2.24, 2.45) is 5.73 Å². The molecule has 0 fully saturated rings. The topological polar surface area (TPSA) is 48.1 Å². The van der Waals surface area contributed by atoms with E-state index in [4.69, 9.17) is 5.73 Å². The van der Waals surface area contributed by atoms with Crippen LogP contribution in [0.5, 0.6) is 5.88 Å². The summed E-state index contributed by atoms with van der Waals surface area (Å²) in [7, 11) is 0. The van der Waals surface area contributed by atoms with Gasteiger partial charge in [-0.2, -0.15) is 13.2 Å². The van der Waals surface area contributed by atoms with E-state index in [1.165, 1.54) is 22.6 Å². The summed E-state index contributed by atoms with van der Waals surface area (Å²) in [5, 5.41) is 0. The molecule has 1 heterocycles. The number of aromatic nitrogens is 1. The van der Waals surface area contributed by atoms with E-state index in [-0.39, 0.29) is 12.1 Å². The Morgan fingerprint density at radius 2 is 1.78 bits per heavy atom. The third-order valence-electron chi connectivity index (χ3n) is 1.77. The summed E-state index contributed by atoms with van der Waals surface area (Å²) in [4.78, 5) is 3.02. The number of ether oxygens (including phenoxy) is 1. The SMILES string of the molecule is NCc1cnc(OC(F)(F)F)c(C(F)(F)F)c1I. The van der Waals surface area contributed by atoms with Crippen molar-refractivity contribution in [2.45, 2.75) is 19.1 Å². The summed E-state index contributed by atoms with van der Waals surface area (Å²) < 4.78 is 76.7. The molecule has 0 spiro atoms. The standard InChI is InChI=1S/C8H5F6IN2O/c9-7(10,11)4-5(15)3(1-16)2-17-6(4)18-8(12,13)14/h2H,1,16H2. The van der Waals surface area contributed by atoms with Gasteiger partial charge in [-0.3, -0.25) is 0 Å². The van der Waals surface area contributed by atoms with Crippen molar-refractivity contribution < 1.29 is 31.1 Å². The highest BCUT2D eigenvalue weighted by atomic mass is 127. The van der Waals surface area contributed by atoms with Crippen molar-refractivity contribution in [1.29, 1.82) is 0 Å². The molecule has 0 saturated heterocycles. The highest BCUT2D eigenvalue weighted by Gasteiger charge is 2.42. The van der Waals surface area contributed by atoms with Crippen LogP contribution in [0.4, 0.5) is 26.3 Å². The zero-order valence-electron chi connectivity index (χ0n) is 8.36. The van der Waals surface area contributed by atoms with Crippen LogP contribution in [-0.4, -0.2) is 11.3 Å². The predicted molar refractivity (Wildman–Crippen MR) is 56.5 cm³/mol. The Morgan fingerprint density at radius 1 is 1.22 bits per heavy atom. The lowest BCUT2D eigenvalue weighted by Gasteiger charge is -2.17. The van der Waals surface area contributed by atoms with Crippen molar-refractivity contribution in [3.05, 3.63) is 20.9 Å². The minimum atomic E-state index is -5.25. The summed E-state index contributed by atoms with van der Waals surface area (Å²) in [6.07, 6.45) is -9.45. The number of alkyl halides is 6. The zero-order chi connectivity index (χ0) is 14.1. The largest absolute Gasteiger partial charge is 0.574 e. The molecule has 18 heavy (non-hydrogen) atoms. The second-order valence-corrected chi connectivity index (χ2v) is 4.11. The predicted octanol–water partition coefficient (Wildman–Crippen LogP) is 3.06. The average molecular weight is 386 g/mol. The van der Waals surface area contributed by atoms with Gasteiger partial charge in [0.15, 0.2) is 0 Å². The number of pyridine rings is 1. The van der Waals surface area contributed by atoms with Gasteiger partial charge >= 0.3 is 12.5 Å². The molecule has 0 aliphatic rings. The van der Waals surface area contributed by atoms with Gasteiger partial charge in [0.2, 0.25) is 5.88 Å². The van der Waals surface area contributed by atoms with Crippen LogP contribution in [0.1, 0.15) is 11.1 Å². The second kappa shape index (κ2) is 5.07. The number of rotatable bonds is 2. The Hall–Kier alpha value is -0.780. The van der Waals surface area contributed by atoms with Crippen molar-refractivity contribution in [1.82, 2.24) is 4.98 Å². The van der Waals surface area contributed by atoms with Crippen molar-refractivity contribution >= 4 is 22.6 Å². The molecule has 0 radical (unpaired) electrons. The van der Waals surface area contributed by atoms with Crippen LogP contribution in [0.15, 0.2) is 6.20 Å². The normalized spacial score (nSPS) is 12.7. The monoisotopic (exact) mass is 386 g/mol. The van der Waals surface area contributed by atoms with Crippen LogP contribution in [0.25, 0.3) is 0 Å². The summed E-state index contributed by atoms with van der Waals surface area (Å²) in [6.45, 7) is -0.277. The molecule has 0 bridgehead atoms. The van der Waals surface area contributed by atoms with Gasteiger partial charge in [-0.15, -0.1) is 13.2 Å². The molecule has 0 aromatic carbocycles. The number of nitrogens with two attached hydrogens (primary N) is 1. The van der Waals surface area contributed by atoms with Crippen LogP contribution in [0.2, 0.25) is 0 Å². The Bertz CT molecular complexity index is 444. The van der Waals surface area contributed by atoms with E-state index in [0.717, 1.165) is 6.20 Å². The molecule has 1 aromatic heterocycles. The van der Waals surface area contributed by atoms with Crippen LogP contribution in [0.3, 0.4) is 0 Å². The van der Waals surface area contributed by atoms with Crippen molar-refractivity contribution in [3.8, 4) is 5.88 Å². The maximum Gasteiger partial charge on any atom is 0.574 e. The third-order valence-corrected chi connectivity index (χ3v) is 3.00. The summed E-state index contributed by atoms with van der Waals surface area (Å²) in [6, 6.07) is 0. The lowest BCUT2D eigenvalue weighted by atomic mass is 10.2. The van der Waals surface area contributed by atoms with Crippen LogP contribution >= 0.6 is 22.6 Å². The van der Waals surface area contributed by atoms with E-state index < -0.39 is 27.6 Å². The molecule has 0 aliphatic carbocycles. The van der Waals surface area contributed by atoms with Gasteiger partial charge < -0.3 is 10.5 Å². The van der Waals surface area contributed by atoms with E-state index in [2.05, 4.69) is 9.72 Å². The number of halogens is 7. The fraction of sp³-hybridized carbons (Fsp3) is 0.375. The molecule has 2 N–H and O–H groups in total. The highest BCUT2D eigenvalue weighted by Crippen LogP contribution is 2.40. The lowest BCUT2D eigenvalue weighted by Crippen LogP contribution is -2.22. The summed E-state index contributed by atoms with van der Waals surface area (Å²) in [5.74, 6) is -1.53. The van der Waals surface area contributed by atoms with Gasteiger partial charge in [0.1, 0.15) is 5.56 Å². The van der Waals surface area contributed by atoms with E-state index in [0.29, 0.717) is 0 Å². The third kappa shape index (κ3) is 3.60. The maximum atomic E-state index is 12.7. The quantitative estimate of drug-likeness (QED) is 0.628. The molecular formula is C8H5F6IN2O. The minimum Gasteiger partial charge on any atom is -0.387 e. The van der Waals surface area contributed by atoms with Gasteiger partial charge in [0.25, 0.3) is 0 Å². The molecule has 3 nitrogen and oxygen atoms in total. The minimum absolute atomic E-state index is 0.0163. The lowest BCUT2D eigenvalue weighted by molar-refractivity contribution is -0.278. The fourth-order valence-corrected chi connectivity index (χ4v) is 1.98. The Kier molecular flexibility index (Phi) is 4.30. The van der Waals surface area contributed by atoms with Crippen LogP contribution in [0, 0.1) is 3.57 Å². The smallest absolute Gasteiger partial charge is 0.387 e. The zero-order valence-corrected chi connectivity index (χ0v) is 10.5. The first kappa shape index (κ1) is 15.3. The van der Waals surface area contributed by atoms with Gasteiger partial charge in [0.05, 0.1) is 0 Å². The fourth-order valence-electron chi connectivity index (χ4n) is 1.09. The first-order valence-electron chi connectivity index (χ1n) is 4.26. The molecule has 102 valence electrons. The van der Waals surface area contributed by atoms with E-state index >= 15 is 0 Å². The van der Waals surface area contributed by atoms with E-state index in [9.17, 15) is 26.3 Å². The van der Waals surface area contributed by atoms with Gasteiger partial charge in [-0.1, -0.05) is 0 Å². The number of hydrogen-bond acceptors (Lipinski definition) is 3. The Morgan fingerprint density at radius 3 is 2.17 bits per heavy atom. The van der Waals surface area contributed by atoms with Crippen molar-refractivity contribution in [2.75, 3.05) is 0 Å². The molecule has 0 unspecified atom stereocenters. The molecule has 0 atom stereocenters. The summed E-state index contributed by atoms with van der Waals surface area (Å²) >= 11 is 1.26. The molecular weight excluding hydrogens is 381 g/mol. The number of nitrogens with zero attached hydrogens (tertiary/aromatic N) is 1. The first-order chi connectivity index (χ1) is 8.06. The molecule has 0 aliphatic heterocycles. The Labute approximate surface area is 110 Å². The molecule has 1 rings (SSSR count). The van der Waals surface area contributed by atoms with Gasteiger partial charge in [-0.05, 0) is 28.2 Å². The van der Waals surface area contributed by atoms with Crippen molar-refractivity contribution in [3.63, 3.8) is 0 Å². The first-order valence-corrected chi connectivity index (χ1v) is 5.34. The van der Waals surface area contributed by atoms with Crippen LogP contribution in [-0.2, 0) is 12.7 Å².